The van der Waals surface area contributed by atoms with E-state index >= 15 is 0 Å². The fraction of sp³-hybridized carbons (Fsp3) is 0.454. The van der Waals surface area contributed by atoms with Crippen LogP contribution in [0.4, 0.5) is 58.5 Å². The van der Waals surface area contributed by atoms with Crippen LogP contribution in [0.1, 0.15) is 285 Å². The van der Waals surface area contributed by atoms with E-state index in [1.165, 1.54) is 80.3 Å². The number of nitrogens with zero attached hydrogens (tertiary/aromatic N) is 9. The zero-order valence-electron chi connectivity index (χ0n) is 81.3. The highest BCUT2D eigenvalue weighted by molar-refractivity contribution is 7.91. The number of carbonyl (C=O) groups excluding carboxylic acids is 4. The number of aliphatic hydroxyl groups excluding tert-OH is 1. The Labute approximate surface area is 821 Å². The van der Waals surface area contributed by atoms with Gasteiger partial charge in [0.1, 0.15) is 5.82 Å². The number of sulfone groups is 1. The van der Waals surface area contributed by atoms with E-state index in [0.29, 0.717) is 107 Å². The van der Waals surface area contributed by atoms with Crippen LogP contribution in [0.2, 0.25) is 0 Å². The van der Waals surface area contributed by atoms with Crippen molar-refractivity contribution >= 4 is 39.3 Å². The molecular formula is C108H124F12N14O7S. The number of halogens is 12. The summed E-state index contributed by atoms with van der Waals surface area (Å²) in [5, 5.41) is 25.2. The average Bonchev–Trinajstić information content (AvgIpc) is 1.64. The molecule has 1 saturated carbocycles. The number of carbonyl (C=O) groups is 4. The molecule has 21 nitrogen and oxygen atoms in total. The van der Waals surface area contributed by atoms with Gasteiger partial charge in [-0.25, -0.2) is 13.4 Å². The topological polar surface area (TPSA) is 260 Å². The Bertz CT molecular complexity index is 6150. The number of hydrogen-bond acceptors (Lipinski definition) is 17. The molecule has 2 aliphatic carbocycles. The SMILES string of the molecule is CC(C)[C@H]1c2ncc(C(=O)NC3(CO)Cc4ccccc4C3)cc2CN1Cc1ccc(C(F)(F)F)cc1.CC(C)[C@H]1c2ncc(C(=O)NCCC3CCCCC3)cc2CN1Cc1ccc(C(F)(F)F)cc1.CC(C)[C@H]1c2ncc(C(=O)NCCc3ccc4c(n3)NCCC4)cc2CN1Cc1ccc(C(F)(F)F)cc1.CCS(=O)(=O)CCNC(=O)c1cnc2c(c1)CN(Cc1ccc(C(F)(F)F)cc1)[C@H]2C(C)C. The fourth-order valence-corrected chi connectivity index (χ4v) is 21.2. The number of pyridine rings is 5. The molecule has 10 heterocycles. The van der Waals surface area contributed by atoms with Gasteiger partial charge in [-0.3, -0.25) is 58.7 Å². The van der Waals surface area contributed by atoms with Crippen molar-refractivity contribution in [2.45, 2.75) is 240 Å². The molecule has 5 aromatic carbocycles. The van der Waals surface area contributed by atoms with Crippen LogP contribution in [0.5, 0.6) is 0 Å². The Morgan fingerprint density at radius 1 is 0.430 bits per heavy atom. The Hall–Kier alpha value is -11.6. The van der Waals surface area contributed by atoms with Crippen LogP contribution in [0.15, 0.2) is 183 Å². The third kappa shape index (κ3) is 26.7. The minimum absolute atomic E-state index is 0.0116. The monoisotopic (exact) mass is 1990 g/mol. The van der Waals surface area contributed by atoms with Crippen molar-refractivity contribution in [2.75, 3.05) is 49.6 Å². The summed E-state index contributed by atoms with van der Waals surface area (Å²) in [6, 6.07) is 40.6. The lowest BCUT2D eigenvalue weighted by Gasteiger charge is -2.28. The number of aryl methyl sites for hydroxylation is 1. The van der Waals surface area contributed by atoms with Crippen LogP contribution in [0.25, 0.3) is 0 Å². The molecule has 5 aromatic heterocycles. The van der Waals surface area contributed by atoms with Gasteiger partial charge < -0.3 is 31.7 Å². The van der Waals surface area contributed by atoms with Crippen LogP contribution in [-0.4, -0.2) is 132 Å². The molecule has 5 aliphatic heterocycles. The molecule has 1 fully saturated rings. The molecule has 758 valence electrons. The second-order valence-corrected chi connectivity index (χ2v) is 42.1. The molecule has 6 N–H and O–H groups in total. The molecule has 0 unspecified atom stereocenters. The van der Waals surface area contributed by atoms with E-state index < -0.39 is 62.3 Å². The Kier molecular flexibility index (Phi) is 34.1. The quantitative estimate of drug-likeness (QED) is 0.0249. The Morgan fingerprint density at radius 2 is 0.768 bits per heavy atom. The fourth-order valence-electron chi connectivity index (χ4n) is 20.5. The lowest BCUT2D eigenvalue weighted by Crippen LogP contribution is -2.52. The molecule has 4 amide bonds. The first-order chi connectivity index (χ1) is 67.4. The maximum atomic E-state index is 13.2. The van der Waals surface area contributed by atoms with Gasteiger partial charge in [-0.15, -0.1) is 0 Å². The van der Waals surface area contributed by atoms with Crippen molar-refractivity contribution in [3.63, 3.8) is 0 Å². The van der Waals surface area contributed by atoms with E-state index in [4.69, 9.17) is 0 Å². The van der Waals surface area contributed by atoms with Gasteiger partial charge in [-0.05, 0) is 202 Å². The molecule has 0 radical (unpaired) electrons. The normalized spacial score (nSPS) is 18.0. The summed E-state index contributed by atoms with van der Waals surface area (Å²) >= 11 is 0. The van der Waals surface area contributed by atoms with Crippen LogP contribution < -0.4 is 26.6 Å². The molecule has 0 spiro atoms. The second-order valence-electron chi connectivity index (χ2n) is 39.6. The van der Waals surface area contributed by atoms with Gasteiger partial charge in [-0.2, -0.15) is 52.7 Å². The second kappa shape index (κ2) is 45.6. The third-order valence-electron chi connectivity index (χ3n) is 27.6. The predicted molar refractivity (Wildman–Crippen MR) is 518 cm³/mol. The first-order valence-corrected chi connectivity index (χ1v) is 50.6. The summed E-state index contributed by atoms with van der Waals surface area (Å²) in [5.74, 6) is 1.57. The minimum atomic E-state index is -4.37. The summed E-state index contributed by atoms with van der Waals surface area (Å²) in [7, 11) is -3.17. The standard InChI is InChI=1S/C29H32F3N5O.C29H30F3N3O2.C27H34F3N3O.C23H28F3N3O3S/c1-18(2)26-25-22(17-37(26)16-19-5-8-23(9-6-19)29(30,31)32)14-21(15-35-25)28(38)34-13-11-24-10-7-20-4-3-12-33-27(20)36-24;1-18(2)26-25-23(16-35(26)15-19-7-9-24(10-8-19)29(30,31)32)11-22(14-33-25)27(37)34-28(17-36)12-20-5-3-4-6-21(20)13-28;1-18(2)25-24-22(17-33(25)16-20-8-10-23(11-9-20)27(28,29)30)14-21(15-32-24)26(34)31-13-12-19-6-4-3-5-7-19;1-4-33(31,32)10-9-27-22(30)17-11-18-14-29(21(15(2)3)20(18)28-12-17)13-16-5-7-19(8-6-16)23(24,25)26/h5-10,14-15,18,26H,3-4,11-13,16-17H2,1-2H3,(H,33,36)(H,34,38);3-11,14,18,26,36H,12-13,15-17H2,1-2H3,(H,34,37);8-11,14-15,18-19,25H,3-7,12-13,16-17H2,1-2H3,(H,31,34);5-8,11-12,15,21H,4,9-10,13-14H2,1-3H3,(H,27,30)/t2*26-;25-;21-/m0000/s1. The number of hydrogen-bond donors (Lipinski definition) is 6. The van der Waals surface area contributed by atoms with Crippen molar-refractivity contribution < 1.29 is 85.4 Å². The van der Waals surface area contributed by atoms with Gasteiger partial charge in [0.2, 0.25) is 0 Å². The molecule has 34 heteroatoms. The number of aliphatic hydroxyl groups is 1. The molecule has 0 saturated heterocycles. The van der Waals surface area contributed by atoms with E-state index in [1.54, 1.807) is 43.7 Å². The highest BCUT2D eigenvalue weighted by Crippen LogP contribution is 2.46. The number of rotatable bonds is 28. The molecule has 4 atom stereocenters. The lowest BCUT2D eigenvalue weighted by molar-refractivity contribution is -0.138. The molecular weight excluding hydrogens is 1870 g/mol. The van der Waals surface area contributed by atoms with Crippen molar-refractivity contribution in [1.82, 2.24) is 65.8 Å². The van der Waals surface area contributed by atoms with Crippen LogP contribution >= 0.6 is 0 Å². The molecule has 7 aliphatic rings. The number of anilines is 1. The highest BCUT2D eigenvalue weighted by atomic mass is 32.2. The number of nitrogens with one attached hydrogen (secondary N) is 5. The van der Waals surface area contributed by atoms with Crippen LogP contribution in [0.3, 0.4) is 0 Å². The van der Waals surface area contributed by atoms with Crippen LogP contribution in [-0.2, 0) is 113 Å². The van der Waals surface area contributed by atoms with Gasteiger partial charge in [0.25, 0.3) is 23.6 Å². The summed E-state index contributed by atoms with van der Waals surface area (Å²) in [4.78, 5) is 83.3. The van der Waals surface area contributed by atoms with Crippen molar-refractivity contribution in [3.05, 3.63) is 317 Å². The molecule has 142 heavy (non-hydrogen) atoms. The van der Waals surface area contributed by atoms with E-state index in [9.17, 15) is 85.4 Å². The van der Waals surface area contributed by atoms with Crippen molar-refractivity contribution in [1.29, 1.82) is 0 Å². The number of benzene rings is 5. The number of amides is 4. The minimum Gasteiger partial charge on any atom is -0.394 e. The van der Waals surface area contributed by atoms with Crippen LogP contribution in [0, 0.1) is 29.6 Å². The van der Waals surface area contributed by atoms with Gasteiger partial charge in [0.05, 0.1) is 109 Å². The first-order valence-electron chi connectivity index (χ1n) is 48.7. The van der Waals surface area contributed by atoms with Gasteiger partial charge >= 0.3 is 24.7 Å². The highest BCUT2D eigenvalue weighted by Gasteiger charge is 2.44. The molecule has 10 aromatic rings. The summed E-state index contributed by atoms with van der Waals surface area (Å²) in [6.07, 6.45) is 0.343. The third-order valence-corrected chi connectivity index (χ3v) is 29.3. The number of fused-ring (bicyclic) bond motifs is 6. The number of aromatic nitrogens is 5. The average molecular weight is 1990 g/mol. The van der Waals surface area contributed by atoms with Gasteiger partial charge in [-0.1, -0.05) is 173 Å². The summed E-state index contributed by atoms with van der Waals surface area (Å²) in [5.41, 5.74) is 13.5. The molecule has 17 rings (SSSR count). The lowest BCUT2D eigenvalue weighted by atomic mass is 9.87. The maximum absolute atomic E-state index is 13.2. The number of alkyl halides is 12. The largest absolute Gasteiger partial charge is 0.416 e. The Morgan fingerprint density at radius 3 is 1.10 bits per heavy atom. The van der Waals surface area contributed by atoms with Crippen molar-refractivity contribution in [2.24, 2.45) is 29.6 Å². The molecule has 0 bridgehead atoms. The van der Waals surface area contributed by atoms with E-state index in [2.05, 4.69) is 133 Å². The van der Waals surface area contributed by atoms with Crippen molar-refractivity contribution in [3.8, 4) is 0 Å². The first kappa shape index (κ1) is 106. The van der Waals surface area contributed by atoms with E-state index in [1.807, 2.05) is 48.5 Å². The van der Waals surface area contributed by atoms with Gasteiger partial charge in [0, 0.05) is 121 Å². The predicted octanol–water partition coefficient (Wildman–Crippen LogP) is 21.1. The smallest absolute Gasteiger partial charge is 0.394 e. The Balaban J connectivity index is 0.000000151. The zero-order chi connectivity index (χ0) is 102. The van der Waals surface area contributed by atoms with Gasteiger partial charge in [0.15, 0.2) is 9.84 Å². The summed E-state index contributed by atoms with van der Waals surface area (Å²) < 4.78 is 178. The maximum Gasteiger partial charge on any atom is 0.416 e. The summed E-state index contributed by atoms with van der Waals surface area (Å²) in [6.45, 7) is 24.5. The zero-order valence-corrected chi connectivity index (χ0v) is 82.1. The van der Waals surface area contributed by atoms with E-state index in [0.717, 1.165) is 170 Å². The van der Waals surface area contributed by atoms with E-state index in [-0.39, 0.29) is 96.1 Å².